The van der Waals surface area contributed by atoms with Crippen LogP contribution in [-0.4, -0.2) is 19.9 Å². The van der Waals surface area contributed by atoms with Gasteiger partial charge in [-0.05, 0) is 24.6 Å². The zero-order valence-electron chi connectivity index (χ0n) is 11.2. The molecule has 1 unspecified atom stereocenters. The topological polar surface area (TPSA) is 83.5 Å². The first-order valence-electron chi connectivity index (χ1n) is 5.79. The third kappa shape index (κ3) is 4.66. The van der Waals surface area contributed by atoms with Gasteiger partial charge in [-0.25, -0.2) is 0 Å². The van der Waals surface area contributed by atoms with E-state index < -0.39 is 39.7 Å². The van der Waals surface area contributed by atoms with Gasteiger partial charge in [-0.1, -0.05) is 18.1 Å². The van der Waals surface area contributed by atoms with Crippen molar-refractivity contribution in [2.75, 3.05) is 0 Å². The summed E-state index contributed by atoms with van der Waals surface area (Å²) in [5.74, 6) is 2.54. The maximum absolute atomic E-state index is 12.2. The molecule has 22 heavy (non-hydrogen) atoms. The third-order valence-electron chi connectivity index (χ3n) is 2.46. The van der Waals surface area contributed by atoms with Gasteiger partial charge in [-0.15, -0.1) is 5.92 Å². The number of carbonyl (C=O) groups excluding carboxylic acids is 1. The SMILES string of the molecule is CC#CC(CC(=O)[O-])c1ccc(OS(=O)(=O)C(F)(F)F)cc1. The van der Waals surface area contributed by atoms with Crippen LogP contribution in [0.2, 0.25) is 0 Å². The molecule has 0 aliphatic carbocycles. The highest BCUT2D eigenvalue weighted by atomic mass is 32.2. The number of rotatable bonds is 5. The van der Waals surface area contributed by atoms with E-state index in [1.54, 1.807) is 0 Å². The van der Waals surface area contributed by atoms with Crippen LogP contribution in [0.15, 0.2) is 24.3 Å². The average molecular weight is 335 g/mol. The molecule has 0 N–H and O–H groups in total. The zero-order chi connectivity index (χ0) is 17.0. The number of aliphatic carboxylic acids is 1. The van der Waals surface area contributed by atoms with E-state index in [0.29, 0.717) is 5.56 Å². The van der Waals surface area contributed by atoms with Gasteiger partial charge in [0.1, 0.15) is 5.75 Å². The molecule has 9 heteroatoms. The van der Waals surface area contributed by atoms with E-state index in [-0.39, 0.29) is 0 Å². The Kier molecular flexibility index (Phi) is 5.43. The van der Waals surface area contributed by atoms with Crippen molar-refractivity contribution in [1.29, 1.82) is 0 Å². The molecule has 0 fully saturated rings. The van der Waals surface area contributed by atoms with Gasteiger partial charge in [0.15, 0.2) is 0 Å². The van der Waals surface area contributed by atoms with Crippen molar-refractivity contribution in [3.8, 4) is 17.6 Å². The fraction of sp³-hybridized carbons (Fsp3) is 0.308. The first-order valence-corrected chi connectivity index (χ1v) is 7.20. The van der Waals surface area contributed by atoms with Crippen LogP contribution in [-0.2, 0) is 14.9 Å². The van der Waals surface area contributed by atoms with Gasteiger partial charge >= 0.3 is 15.6 Å². The molecule has 5 nitrogen and oxygen atoms in total. The Labute approximate surface area is 124 Å². The molecular weight excluding hydrogens is 325 g/mol. The van der Waals surface area contributed by atoms with E-state index in [2.05, 4.69) is 16.0 Å². The lowest BCUT2D eigenvalue weighted by atomic mass is 9.96. The highest BCUT2D eigenvalue weighted by Gasteiger charge is 2.48. The third-order valence-corrected chi connectivity index (χ3v) is 3.44. The molecule has 0 aromatic heterocycles. The molecular formula is C13H10F3O5S-. The minimum absolute atomic E-state index is 0.385. The predicted molar refractivity (Wildman–Crippen MR) is 67.9 cm³/mol. The number of hydrogen-bond acceptors (Lipinski definition) is 5. The smallest absolute Gasteiger partial charge is 0.534 e. The maximum atomic E-state index is 12.2. The second kappa shape index (κ2) is 6.70. The van der Waals surface area contributed by atoms with Crippen LogP contribution in [0, 0.1) is 11.8 Å². The van der Waals surface area contributed by atoms with Crippen LogP contribution in [0.4, 0.5) is 13.2 Å². The van der Waals surface area contributed by atoms with E-state index >= 15 is 0 Å². The number of halogens is 3. The first-order chi connectivity index (χ1) is 10.1. The van der Waals surface area contributed by atoms with Crippen molar-refractivity contribution >= 4 is 16.1 Å². The van der Waals surface area contributed by atoms with Crippen LogP contribution in [0.5, 0.6) is 5.75 Å². The Morgan fingerprint density at radius 2 is 1.86 bits per heavy atom. The number of carboxylic acid groups (broad SMARTS) is 1. The molecule has 1 atom stereocenters. The largest absolute Gasteiger partial charge is 0.550 e. The van der Waals surface area contributed by atoms with Crippen molar-refractivity contribution in [1.82, 2.24) is 0 Å². The van der Waals surface area contributed by atoms with Crippen molar-refractivity contribution in [3.63, 3.8) is 0 Å². The van der Waals surface area contributed by atoms with Crippen LogP contribution in [0.25, 0.3) is 0 Å². The Morgan fingerprint density at radius 3 is 2.27 bits per heavy atom. The fourth-order valence-electron chi connectivity index (χ4n) is 1.52. The van der Waals surface area contributed by atoms with Crippen molar-refractivity contribution in [2.24, 2.45) is 0 Å². The van der Waals surface area contributed by atoms with E-state index in [4.69, 9.17) is 0 Å². The van der Waals surface area contributed by atoms with Gasteiger partial charge in [-0.2, -0.15) is 21.6 Å². The summed E-state index contributed by atoms with van der Waals surface area (Å²) in [5, 5.41) is 10.6. The second-order valence-electron chi connectivity index (χ2n) is 4.08. The summed E-state index contributed by atoms with van der Waals surface area (Å²) >= 11 is 0. The van der Waals surface area contributed by atoms with E-state index in [1.165, 1.54) is 19.1 Å². The van der Waals surface area contributed by atoms with E-state index in [9.17, 15) is 31.5 Å². The Bertz CT molecular complexity index is 696. The molecule has 1 rings (SSSR count). The average Bonchev–Trinajstić information content (AvgIpc) is 2.37. The number of hydrogen-bond donors (Lipinski definition) is 0. The molecule has 0 bridgehead atoms. The Hall–Kier alpha value is -2.21. The van der Waals surface area contributed by atoms with Crippen molar-refractivity contribution in [3.05, 3.63) is 29.8 Å². The van der Waals surface area contributed by atoms with E-state index in [0.717, 1.165) is 12.1 Å². The van der Waals surface area contributed by atoms with Gasteiger partial charge in [0.25, 0.3) is 0 Å². The number of carbonyl (C=O) groups is 1. The van der Waals surface area contributed by atoms with Crippen LogP contribution in [0.1, 0.15) is 24.8 Å². The normalized spacial score (nSPS) is 12.9. The summed E-state index contributed by atoms with van der Waals surface area (Å²) in [7, 11) is -5.75. The molecule has 0 heterocycles. The van der Waals surface area contributed by atoms with Gasteiger partial charge in [-0.3, -0.25) is 0 Å². The molecule has 0 aliphatic heterocycles. The van der Waals surface area contributed by atoms with Gasteiger partial charge in [0.05, 0.1) is 5.92 Å². The summed E-state index contributed by atoms with van der Waals surface area (Å²) in [4.78, 5) is 10.6. The number of benzene rings is 1. The van der Waals surface area contributed by atoms with Gasteiger partial charge in [0.2, 0.25) is 0 Å². The molecule has 120 valence electrons. The fourth-order valence-corrected chi connectivity index (χ4v) is 1.98. The van der Waals surface area contributed by atoms with Gasteiger partial charge in [0, 0.05) is 12.4 Å². The summed E-state index contributed by atoms with van der Waals surface area (Å²) in [6.45, 7) is 1.50. The summed E-state index contributed by atoms with van der Waals surface area (Å²) in [5.41, 5.74) is -5.15. The maximum Gasteiger partial charge on any atom is 0.534 e. The Morgan fingerprint density at radius 1 is 1.32 bits per heavy atom. The predicted octanol–water partition coefficient (Wildman–Crippen LogP) is 1.16. The molecule has 0 amide bonds. The summed E-state index contributed by atoms with van der Waals surface area (Å²) in [6, 6.07) is 4.44. The minimum Gasteiger partial charge on any atom is -0.550 e. The number of alkyl halides is 3. The van der Waals surface area contributed by atoms with Gasteiger partial charge < -0.3 is 14.1 Å². The van der Waals surface area contributed by atoms with Crippen molar-refractivity contribution < 1.29 is 35.7 Å². The van der Waals surface area contributed by atoms with Crippen LogP contribution >= 0.6 is 0 Å². The first kappa shape index (κ1) is 17.8. The van der Waals surface area contributed by atoms with Crippen molar-refractivity contribution in [2.45, 2.75) is 24.8 Å². The van der Waals surface area contributed by atoms with E-state index in [1.807, 2.05) is 0 Å². The lowest BCUT2D eigenvalue weighted by Crippen LogP contribution is -2.28. The Balaban J connectivity index is 2.99. The molecule has 0 spiro atoms. The quantitative estimate of drug-likeness (QED) is 0.458. The highest BCUT2D eigenvalue weighted by molar-refractivity contribution is 7.87. The standard InChI is InChI=1S/C13H11F3O5S/c1-2-3-10(8-12(17)18)9-4-6-11(7-5-9)21-22(19,20)13(14,15)16/h4-7,10H,8H2,1H3,(H,17,18)/p-1. The lowest BCUT2D eigenvalue weighted by Gasteiger charge is -2.13. The monoisotopic (exact) mass is 335 g/mol. The lowest BCUT2D eigenvalue weighted by molar-refractivity contribution is -0.305. The summed E-state index contributed by atoms with van der Waals surface area (Å²) in [6.07, 6.45) is -0.401. The minimum atomic E-state index is -5.75. The highest BCUT2D eigenvalue weighted by Crippen LogP contribution is 2.28. The molecule has 0 radical (unpaired) electrons. The molecule has 0 saturated carbocycles. The molecule has 1 aromatic carbocycles. The molecule has 0 aliphatic rings. The number of carboxylic acids is 1. The molecule has 1 aromatic rings. The second-order valence-corrected chi connectivity index (χ2v) is 5.61. The van der Waals surface area contributed by atoms with Crippen LogP contribution in [0.3, 0.4) is 0 Å². The zero-order valence-corrected chi connectivity index (χ0v) is 12.0. The van der Waals surface area contributed by atoms with Crippen LogP contribution < -0.4 is 9.29 Å². The summed E-state index contributed by atoms with van der Waals surface area (Å²) < 4.78 is 62.1. The molecule has 0 saturated heterocycles.